The fourth-order valence-electron chi connectivity index (χ4n) is 1.62. The highest BCUT2D eigenvalue weighted by atomic mass is 79.9. The van der Waals surface area contributed by atoms with Gasteiger partial charge in [0, 0.05) is 4.47 Å². The number of nitrogens with one attached hydrogen (secondary N) is 1. The standard InChI is InChI=1S/C14H12BrN3/c1-9-3-2-4-13(14(9)17)18-12-6-5-10(8-16)7-11(12)15/h2-7,18H,17H2,1H3. The molecule has 0 aliphatic rings. The number of nitrogens with two attached hydrogens (primary N) is 1. The van der Waals surface area contributed by atoms with Crippen molar-refractivity contribution in [3.8, 4) is 6.07 Å². The first-order valence-electron chi connectivity index (χ1n) is 5.43. The maximum Gasteiger partial charge on any atom is 0.0992 e. The molecule has 0 spiro atoms. The van der Waals surface area contributed by atoms with Crippen molar-refractivity contribution in [2.24, 2.45) is 0 Å². The molecule has 0 fully saturated rings. The van der Waals surface area contributed by atoms with Crippen LogP contribution in [0.5, 0.6) is 0 Å². The Kier molecular flexibility index (Phi) is 3.54. The van der Waals surface area contributed by atoms with E-state index in [0.29, 0.717) is 5.56 Å². The number of aryl methyl sites for hydroxylation is 1. The van der Waals surface area contributed by atoms with E-state index in [-0.39, 0.29) is 0 Å². The highest BCUT2D eigenvalue weighted by molar-refractivity contribution is 9.10. The van der Waals surface area contributed by atoms with Crippen LogP contribution in [0.2, 0.25) is 0 Å². The number of nitriles is 1. The minimum Gasteiger partial charge on any atom is -0.397 e. The predicted octanol–water partition coefficient (Wildman–Crippen LogP) is 3.96. The van der Waals surface area contributed by atoms with Crippen LogP contribution in [0.3, 0.4) is 0 Å². The summed E-state index contributed by atoms with van der Waals surface area (Å²) in [6.07, 6.45) is 0. The van der Waals surface area contributed by atoms with Crippen molar-refractivity contribution in [2.45, 2.75) is 6.92 Å². The second-order valence-electron chi connectivity index (χ2n) is 3.97. The van der Waals surface area contributed by atoms with E-state index in [0.717, 1.165) is 27.1 Å². The molecule has 3 N–H and O–H groups in total. The number of anilines is 3. The maximum absolute atomic E-state index is 8.81. The van der Waals surface area contributed by atoms with Gasteiger partial charge >= 0.3 is 0 Å². The van der Waals surface area contributed by atoms with Crippen molar-refractivity contribution in [3.05, 3.63) is 52.0 Å². The summed E-state index contributed by atoms with van der Waals surface area (Å²) >= 11 is 3.43. The van der Waals surface area contributed by atoms with Crippen LogP contribution in [0, 0.1) is 18.3 Å². The quantitative estimate of drug-likeness (QED) is 0.826. The lowest BCUT2D eigenvalue weighted by Crippen LogP contribution is -1.98. The second-order valence-corrected chi connectivity index (χ2v) is 4.82. The number of nitrogens with zero attached hydrogens (tertiary/aromatic N) is 1. The molecule has 0 radical (unpaired) electrons. The number of halogens is 1. The van der Waals surface area contributed by atoms with Gasteiger partial charge in [-0.05, 0) is 52.7 Å². The molecule has 0 aliphatic carbocycles. The van der Waals surface area contributed by atoms with Crippen LogP contribution in [-0.4, -0.2) is 0 Å². The Hall–Kier alpha value is -1.99. The Balaban J connectivity index is 2.35. The van der Waals surface area contributed by atoms with E-state index in [4.69, 9.17) is 11.0 Å². The van der Waals surface area contributed by atoms with Crippen LogP contribution < -0.4 is 11.1 Å². The van der Waals surface area contributed by atoms with Gasteiger partial charge in [-0.25, -0.2) is 0 Å². The molecule has 90 valence electrons. The fourth-order valence-corrected chi connectivity index (χ4v) is 2.10. The van der Waals surface area contributed by atoms with Gasteiger partial charge in [-0.1, -0.05) is 12.1 Å². The monoisotopic (exact) mass is 301 g/mol. The largest absolute Gasteiger partial charge is 0.397 e. The summed E-state index contributed by atoms with van der Waals surface area (Å²) in [5.41, 5.74) is 10.1. The van der Waals surface area contributed by atoms with Crippen molar-refractivity contribution in [3.63, 3.8) is 0 Å². The van der Waals surface area contributed by atoms with Crippen molar-refractivity contribution in [1.82, 2.24) is 0 Å². The first-order valence-corrected chi connectivity index (χ1v) is 6.23. The molecule has 0 amide bonds. The molecule has 0 saturated heterocycles. The lowest BCUT2D eigenvalue weighted by atomic mass is 10.1. The molecule has 0 unspecified atom stereocenters. The minimum atomic E-state index is 0.615. The molecule has 0 aliphatic heterocycles. The zero-order chi connectivity index (χ0) is 13.1. The Labute approximate surface area is 114 Å². The first kappa shape index (κ1) is 12.5. The number of hydrogen-bond acceptors (Lipinski definition) is 3. The number of benzene rings is 2. The molecule has 4 heteroatoms. The van der Waals surface area contributed by atoms with Crippen LogP contribution in [0.25, 0.3) is 0 Å². The van der Waals surface area contributed by atoms with Gasteiger partial charge in [0.05, 0.1) is 28.7 Å². The van der Waals surface area contributed by atoms with E-state index >= 15 is 0 Å². The van der Waals surface area contributed by atoms with Gasteiger partial charge in [0.25, 0.3) is 0 Å². The van der Waals surface area contributed by atoms with Gasteiger partial charge < -0.3 is 11.1 Å². The van der Waals surface area contributed by atoms with E-state index < -0.39 is 0 Å². The molecule has 0 atom stereocenters. The topological polar surface area (TPSA) is 61.8 Å². The summed E-state index contributed by atoms with van der Waals surface area (Å²) in [5, 5.41) is 12.1. The maximum atomic E-state index is 8.81. The highest BCUT2D eigenvalue weighted by Gasteiger charge is 2.05. The second kappa shape index (κ2) is 5.11. The van der Waals surface area contributed by atoms with Crippen molar-refractivity contribution < 1.29 is 0 Å². The van der Waals surface area contributed by atoms with Gasteiger partial charge in [0.1, 0.15) is 0 Å². The average Bonchev–Trinajstić information content (AvgIpc) is 2.37. The van der Waals surface area contributed by atoms with Crippen LogP contribution in [0.1, 0.15) is 11.1 Å². The minimum absolute atomic E-state index is 0.615. The van der Waals surface area contributed by atoms with Gasteiger partial charge in [-0.3, -0.25) is 0 Å². The number of rotatable bonds is 2. The average molecular weight is 302 g/mol. The third-order valence-corrected chi connectivity index (χ3v) is 3.35. The van der Waals surface area contributed by atoms with Gasteiger partial charge in [0.2, 0.25) is 0 Å². The predicted molar refractivity (Wildman–Crippen MR) is 77.7 cm³/mol. The molecule has 0 heterocycles. The number of nitrogen functional groups attached to an aromatic ring is 1. The molecular weight excluding hydrogens is 290 g/mol. The lowest BCUT2D eigenvalue weighted by Gasteiger charge is -2.12. The Bertz CT molecular complexity index is 629. The van der Waals surface area contributed by atoms with E-state index in [2.05, 4.69) is 27.3 Å². The van der Waals surface area contributed by atoms with Crippen LogP contribution in [-0.2, 0) is 0 Å². The Morgan fingerprint density at radius 2 is 2.00 bits per heavy atom. The van der Waals surface area contributed by atoms with Crippen molar-refractivity contribution in [2.75, 3.05) is 11.1 Å². The van der Waals surface area contributed by atoms with Gasteiger partial charge in [-0.15, -0.1) is 0 Å². The summed E-state index contributed by atoms with van der Waals surface area (Å²) in [4.78, 5) is 0. The number of para-hydroxylation sites is 1. The number of hydrogen-bond donors (Lipinski definition) is 2. The van der Waals surface area contributed by atoms with Crippen LogP contribution in [0.4, 0.5) is 17.1 Å². The molecule has 2 aromatic carbocycles. The molecule has 0 bridgehead atoms. The lowest BCUT2D eigenvalue weighted by molar-refractivity contribution is 1.43. The van der Waals surface area contributed by atoms with E-state index in [1.807, 2.05) is 31.2 Å². The summed E-state index contributed by atoms with van der Waals surface area (Å²) < 4.78 is 0.836. The summed E-state index contributed by atoms with van der Waals surface area (Å²) in [6.45, 7) is 1.97. The van der Waals surface area contributed by atoms with Crippen LogP contribution >= 0.6 is 15.9 Å². The molecule has 0 aromatic heterocycles. The fraction of sp³-hybridized carbons (Fsp3) is 0.0714. The smallest absolute Gasteiger partial charge is 0.0992 e. The van der Waals surface area contributed by atoms with Gasteiger partial charge in [-0.2, -0.15) is 5.26 Å². The summed E-state index contributed by atoms with van der Waals surface area (Å²) in [7, 11) is 0. The molecule has 3 nitrogen and oxygen atoms in total. The van der Waals surface area contributed by atoms with Gasteiger partial charge in [0.15, 0.2) is 0 Å². The zero-order valence-corrected chi connectivity index (χ0v) is 11.5. The van der Waals surface area contributed by atoms with Crippen LogP contribution in [0.15, 0.2) is 40.9 Å². The normalized spacial score (nSPS) is 9.83. The van der Waals surface area contributed by atoms with E-state index in [1.54, 1.807) is 12.1 Å². The molecule has 2 aromatic rings. The summed E-state index contributed by atoms with van der Waals surface area (Å²) in [5.74, 6) is 0. The first-order chi connectivity index (χ1) is 8.61. The third-order valence-electron chi connectivity index (χ3n) is 2.69. The SMILES string of the molecule is Cc1cccc(Nc2ccc(C#N)cc2Br)c1N. The highest BCUT2D eigenvalue weighted by Crippen LogP contribution is 2.30. The Morgan fingerprint density at radius 1 is 1.22 bits per heavy atom. The molecule has 2 rings (SSSR count). The molecular formula is C14H12BrN3. The zero-order valence-electron chi connectivity index (χ0n) is 9.87. The summed E-state index contributed by atoms with van der Waals surface area (Å²) in [6, 6.07) is 13.3. The Morgan fingerprint density at radius 3 is 2.67 bits per heavy atom. The third kappa shape index (κ3) is 2.47. The molecule has 18 heavy (non-hydrogen) atoms. The van der Waals surface area contributed by atoms with E-state index in [1.165, 1.54) is 0 Å². The van der Waals surface area contributed by atoms with Crippen molar-refractivity contribution in [1.29, 1.82) is 5.26 Å². The van der Waals surface area contributed by atoms with E-state index in [9.17, 15) is 0 Å². The van der Waals surface area contributed by atoms with Crippen molar-refractivity contribution >= 4 is 33.0 Å². The molecule has 0 saturated carbocycles.